The van der Waals surface area contributed by atoms with Crippen LogP contribution in [0.4, 0.5) is 0 Å². The Kier molecular flexibility index (Phi) is 3.85. The van der Waals surface area contributed by atoms with Crippen molar-refractivity contribution in [1.82, 2.24) is 10.2 Å². The summed E-state index contributed by atoms with van der Waals surface area (Å²) in [6.45, 7) is 0.950. The van der Waals surface area contributed by atoms with E-state index in [1.54, 1.807) is 12.1 Å². The Bertz CT molecular complexity index is 660. The van der Waals surface area contributed by atoms with Crippen molar-refractivity contribution in [1.29, 1.82) is 0 Å². The Labute approximate surface area is 132 Å². The molecule has 1 heterocycles. The number of hydrogen-bond donors (Lipinski definition) is 1. The number of nitrogens with one attached hydrogen (secondary N) is 1. The zero-order valence-electron chi connectivity index (χ0n) is 12.6. The van der Waals surface area contributed by atoms with E-state index in [2.05, 4.69) is 5.32 Å². The third-order valence-electron chi connectivity index (χ3n) is 3.77. The lowest BCUT2D eigenvalue weighted by Crippen LogP contribution is -2.41. The van der Waals surface area contributed by atoms with E-state index in [-0.39, 0.29) is 23.1 Å². The van der Waals surface area contributed by atoms with Gasteiger partial charge in [0.15, 0.2) is 6.10 Å². The Morgan fingerprint density at radius 3 is 2.30 bits per heavy atom. The zero-order valence-corrected chi connectivity index (χ0v) is 12.6. The van der Waals surface area contributed by atoms with E-state index in [9.17, 15) is 19.2 Å². The molecule has 120 valence electrons. The fourth-order valence-corrected chi connectivity index (χ4v) is 2.35. The zero-order chi connectivity index (χ0) is 16.6. The van der Waals surface area contributed by atoms with Gasteiger partial charge in [-0.3, -0.25) is 24.1 Å². The van der Waals surface area contributed by atoms with E-state index in [1.807, 2.05) is 0 Å². The predicted molar refractivity (Wildman–Crippen MR) is 78.5 cm³/mol. The quantitative estimate of drug-likeness (QED) is 0.630. The molecule has 7 heteroatoms. The van der Waals surface area contributed by atoms with Gasteiger partial charge in [-0.1, -0.05) is 12.1 Å². The molecule has 7 nitrogen and oxygen atoms in total. The maximum absolute atomic E-state index is 12.1. The molecule has 1 aliphatic carbocycles. The van der Waals surface area contributed by atoms with Crippen LogP contribution < -0.4 is 5.32 Å². The van der Waals surface area contributed by atoms with E-state index in [4.69, 9.17) is 4.74 Å². The fraction of sp³-hybridized carbons (Fsp3) is 0.375. The van der Waals surface area contributed by atoms with Crippen molar-refractivity contribution in [2.45, 2.75) is 31.9 Å². The third-order valence-corrected chi connectivity index (χ3v) is 3.77. The van der Waals surface area contributed by atoms with Gasteiger partial charge in [-0.05, 0) is 31.9 Å². The van der Waals surface area contributed by atoms with Crippen LogP contribution in [0.1, 0.15) is 40.5 Å². The molecular formula is C16H16N2O5. The summed E-state index contributed by atoms with van der Waals surface area (Å²) in [4.78, 5) is 48.7. The summed E-state index contributed by atoms with van der Waals surface area (Å²) in [6.07, 6.45) is 0.904. The molecule has 23 heavy (non-hydrogen) atoms. The van der Waals surface area contributed by atoms with Gasteiger partial charge in [-0.15, -0.1) is 0 Å². The van der Waals surface area contributed by atoms with Crippen LogP contribution in [0.2, 0.25) is 0 Å². The van der Waals surface area contributed by atoms with Crippen molar-refractivity contribution in [3.05, 3.63) is 35.4 Å². The molecule has 0 aromatic heterocycles. The molecule has 2 aliphatic rings. The maximum atomic E-state index is 12.1. The highest BCUT2D eigenvalue weighted by Gasteiger charge is 2.37. The number of nitrogens with zero attached hydrogens (tertiary/aromatic N) is 1. The first kappa shape index (κ1) is 15.2. The van der Waals surface area contributed by atoms with Gasteiger partial charge >= 0.3 is 5.97 Å². The molecule has 1 aromatic rings. The van der Waals surface area contributed by atoms with Crippen molar-refractivity contribution in [2.75, 3.05) is 6.54 Å². The number of fused-ring (bicyclic) bond motifs is 1. The van der Waals surface area contributed by atoms with E-state index in [1.165, 1.54) is 19.1 Å². The summed E-state index contributed by atoms with van der Waals surface area (Å²) in [5, 5.41) is 2.72. The number of carbonyl (C=O) groups is 4. The van der Waals surface area contributed by atoms with Crippen LogP contribution in [0, 0.1) is 0 Å². The lowest BCUT2D eigenvalue weighted by molar-refractivity contribution is -0.155. The van der Waals surface area contributed by atoms with Crippen molar-refractivity contribution >= 4 is 23.7 Å². The molecule has 0 radical (unpaired) electrons. The minimum Gasteiger partial charge on any atom is -0.451 e. The lowest BCUT2D eigenvalue weighted by Gasteiger charge is -2.16. The summed E-state index contributed by atoms with van der Waals surface area (Å²) in [5.74, 6) is -2.23. The Morgan fingerprint density at radius 1 is 1.22 bits per heavy atom. The highest BCUT2D eigenvalue weighted by atomic mass is 16.5. The van der Waals surface area contributed by atoms with Gasteiger partial charge in [0, 0.05) is 6.04 Å². The topological polar surface area (TPSA) is 92.8 Å². The first-order chi connectivity index (χ1) is 11.0. The Balaban J connectivity index is 1.59. The molecule has 3 amide bonds. The monoisotopic (exact) mass is 316 g/mol. The molecule has 0 bridgehead atoms. The van der Waals surface area contributed by atoms with Crippen molar-refractivity contribution in [3.8, 4) is 0 Å². The molecule has 0 unspecified atom stereocenters. The molecule has 1 N–H and O–H groups in total. The lowest BCUT2D eigenvalue weighted by atomic mass is 10.1. The number of esters is 1. The number of benzene rings is 1. The molecule has 1 atom stereocenters. The molecule has 0 saturated heterocycles. The van der Waals surface area contributed by atoms with Crippen LogP contribution in [-0.4, -0.2) is 47.3 Å². The van der Waals surface area contributed by atoms with Crippen LogP contribution in [0.25, 0.3) is 0 Å². The molecule has 1 saturated carbocycles. The molecule has 1 aromatic carbocycles. The van der Waals surface area contributed by atoms with Crippen LogP contribution in [-0.2, 0) is 14.3 Å². The minimum atomic E-state index is -0.960. The Morgan fingerprint density at radius 2 is 1.78 bits per heavy atom. The largest absolute Gasteiger partial charge is 0.451 e. The van der Waals surface area contributed by atoms with Crippen LogP contribution >= 0.6 is 0 Å². The predicted octanol–water partition coefficient (Wildman–Crippen LogP) is 0.493. The van der Waals surface area contributed by atoms with Gasteiger partial charge in [-0.2, -0.15) is 0 Å². The summed E-state index contributed by atoms with van der Waals surface area (Å²) in [7, 11) is 0. The van der Waals surface area contributed by atoms with Gasteiger partial charge in [-0.25, -0.2) is 0 Å². The second-order valence-corrected chi connectivity index (χ2v) is 5.66. The number of rotatable bonds is 5. The van der Waals surface area contributed by atoms with Crippen molar-refractivity contribution in [3.63, 3.8) is 0 Å². The van der Waals surface area contributed by atoms with E-state index in [0.29, 0.717) is 0 Å². The SMILES string of the molecule is C[C@@H](OC(=O)CN1C(=O)c2ccccc2C1=O)C(=O)NC1CC1. The normalized spacial score (nSPS) is 17.7. The fourth-order valence-electron chi connectivity index (χ4n) is 2.35. The van der Waals surface area contributed by atoms with E-state index in [0.717, 1.165) is 17.7 Å². The molecule has 1 aliphatic heterocycles. The standard InChI is InChI=1S/C16H16N2O5/c1-9(14(20)17-10-6-7-10)23-13(19)8-18-15(21)11-4-2-3-5-12(11)16(18)22/h2-5,9-10H,6-8H2,1H3,(H,17,20)/t9-/m1/s1. The molecule has 0 spiro atoms. The average molecular weight is 316 g/mol. The summed E-state index contributed by atoms with van der Waals surface area (Å²) >= 11 is 0. The van der Waals surface area contributed by atoms with Crippen LogP contribution in [0.15, 0.2) is 24.3 Å². The number of ether oxygens (including phenoxy) is 1. The number of hydrogen-bond acceptors (Lipinski definition) is 5. The number of amides is 3. The average Bonchev–Trinajstić information content (AvgIpc) is 3.31. The molecular weight excluding hydrogens is 300 g/mol. The first-order valence-corrected chi connectivity index (χ1v) is 7.42. The van der Waals surface area contributed by atoms with E-state index < -0.39 is 30.4 Å². The van der Waals surface area contributed by atoms with E-state index >= 15 is 0 Å². The van der Waals surface area contributed by atoms with Gasteiger partial charge in [0.1, 0.15) is 6.54 Å². The van der Waals surface area contributed by atoms with Crippen LogP contribution in [0.5, 0.6) is 0 Å². The number of imide groups is 1. The summed E-state index contributed by atoms with van der Waals surface area (Å²) in [5.41, 5.74) is 0.537. The van der Waals surface area contributed by atoms with Gasteiger partial charge in [0.25, 0.3) is 17.7 Å². The van der Waals surface area contributed by atoms with Gasteiger partial charge < -0.3 is 10.1 Å². The first-order valence-electron chi connectivity index (χ1n) is 7.42. The summed E-state index contributed by atoms with van der Waals surface area (Å²) in [6, 6.07) is 6.53. The minimum absolute atomic E-state index is 0.167. The van der Waals surface area contributed by atoms with Gasteiger partial charge in [0.05, 0.1) is 11.1 Å². The Hall–Kier alpha value is -2.70. The molecule has 1 fully saturated rings. The van der Waals surface area contributed by atoms with Crippen molar-refractivity contribution in [2.24, 2.45) is 0 Å². The number of carbonyl (C=O) groups excluding carboxylic acids is 4. The summed E-state index contributed by atoms with van der Waals surface area (Å²) < 4.78 is 5.00. The highest BCUT2D eigenvalue weighted by Crippen LogP contribution is 2.22. The maximum Gasteiger partial charge on any atom is 0.326 e. The third kappa shape index (κ3) is 3.08. The smallest absolute Gasteiger partial charge is 0.326 e. The van der Waals surface area contributed by atoms with Gasteiger partial charge in [0.2, 0.25) is 0 Å². The highest BCUT2D eigenvalue weighted by molar-refractivity contribution is 6.22. The van der Waals surface area contributed by atoms with Crippen molar-refractivity contribution < 1.29 is 23.9 Å². The van der Waals surface area contributed by atoms with Crippen LogP contribution in [0.3, 0.4) is 0 Å². The second kappa shape index (κ2) is 5.83. The molecule has 3 rings (SSSR count). The second-order valence-electron chi connectivity index (χ2n) is 5.66.